The average Bonchev–Trinajstić information content (AvgIpc) is 2.33. The maximum atomic E-state index is 13.0. The number of hydrogen-bond donors (Lipinski definition) is 3. The Labute approximate surface area is 109 Å². The third-order valence-corrected chi connectivity index (χ3v) is 3.12. The highest BCUT2D eigenvalue weighted by Gasteiger charge is 2.16. The quantitative estimate of drug-likeness (QED) is 0.732. The van der Waals surface area contributed by atoms with E-state index in [-0.39, 0.29) is 24.0 Å². The number of carbonyl (C=O) groups excluding carboxylic acids is 1. The maximum absolute atomic E-state index is 13.0. The minimum absolute atomic E-state index is 0.0410. The third kappa shape index (κ3) is 4.19. The normalized spacial score (nSPS) is 12.2. The smallest absolute Gasteiger partial charge is 0.255 e. The molecule has 0 aliphatic carbocycles. The topological polar surface area (TPSA) is 69.6 Å². The Hall–Kier alpha value is -1.27. The summed E-state index contributed by atoms with van der Waals surface area (Å²) in [5, 5.41) is 21.0. The highest BCUT2D eigenvalue weighted by Crippen LogP contribution is 2.18. The molecular formula is C12H16FNO3S. The minimum atomic E-state index is -0.582. The minimum Gasteiger partial charge on any atom is -0.507 e. The molecule has 1 unspecified atom stereocenters. The van der Waals surface area contributed by atoms with Crippen LogP contribution in [0.3, 0.4) is 0 Å². The van der Waals surface area contributed by atoms with Gasteiger partial charge in [-0.1, -0.05) is 0 Å². The van der Waals surface area contributed by atoms with Crippen molar-refractivity contribution in [3.63, 3.8) is 0 Å². The van der Waals surface area contributed by atoms with E-state index in [2.05, 4.69) is 5.32 Å². The standard InChI is InChI=1S/C12H16FNO3S/c1-18-7-9(4-5-15)14-12(17)10-6-8(13)2-3-11(10)16/h2-3,6,9,15-16H,4-5,7H2,1H3,(H,14,17). The molecule has 0 spiro atoms. The van der Waals surface area contributed by atoms with E-state index in [0.29, 0.717) is 12.2 Å². The summed E-state index contributed by atoms with van der Waals surface area (Å²) in [6, 6.07) is 3.00. The summed E-state index contributed by atoms with van der Waals surface area (Å²) in [5.41, 5.74) is -0.0981. The average molecular weight is 273 g/mol. The van der Waals surface area contributed by atoms with E-state index in [1.54, 1.807) is 0 Å². The summed E-state index contributed by atoms with van der Waals surface area (Å²) in [6.07, 6.45) is 2.30. The fourth-order valence-corrected chi connectivity index (χ4v) is 2.16. The molecule has 0 bridgehead atoms. The van der Waals surface area contributed by atoms with Gasteiger partial charge in [0, 0.05) is 18.4 Å². The van der Waals surface area contributed by atoms with Crippen molar-refractivity contribution in [3.8, 4) is 5.75 Å². The molecule has 0 aliphatic heterocycles. The van der Waals surface area contributed by atoms with Gasteiger partial charge in [0.15, 0.2) is 0 Å². The number of benzene rings is 1. The van der Waals surface area contributed by atoms with Gasteiger partial charge in [0.2, 0.25) is 0 Å². The van der Waals surface area contributed by atoms with Crippen LogP contribution in [0.4, 0.5) is 4.39 Å². The number of carbonyl (C=O) groups is 1. The monoisotopic (exact) mass is 273 g/mol. The first-order valence-corrected chi connectivity index (χ1v) is 6.87. The fraction of sp³-hybridized carbons (Fsp3) is 0.417. The molecule has 6 heteroatoms. The molecule has 100 valence electrons. The van der Waals surface area contributed by atoms with E-state index < -0.39 is 11.7 Å². The molecule has 1 aromatic rings. The van der Waals surface area contributed by atoms with Crippen LogP contribution in [0, 0.1) is 5.82 Å². The molecule has 1 aromatic carbocycles. The van der Waals surface area contributed by atoms with Crippen LogP contribution in [0.1, 0.15) is 16.8 Å². The van der Waals surface area contributed by atoms with Crippen LogP contribution in [0.15, 0.2) is 18.2 Å². The van der Waals surface area contributed by atoms with Crippen molar-refractivity contribution in [2.75, 3.05) is 18.6 Å². The molecule has 1 amide bonds. The highest BCUT2D eigenvalue weighted by atomic mass is 32.2. The SMILES string of the molecule is CSCC(CCO)NC(=O)c1cc(F)ccc1O. The number of aromatic hydroxyl groups is 1. The Balaban J connectivity index is 2.76. The molecule has 0 saturated carbocycles. The van der Waals surface area contributed by atoms with Crippen LogP contribution >= 0.6 is 11.8 Å². The largest absolute Gasteiger partial charge is 0.507 e. The van der Waals surface area contributed by atoms with E-state index in [9.17, 15) is 14.3 Å². The van der Waals surface area contributed by atoms with Gasteiger partial charge in [0.05, 0.1) is 5.56 Å². The van der Waals surface area contributed by atoms with E-state index >= 15 is 0 Å². The molecule has 0 heterocycles. The zero-order chi connectivity index (χ0) is 13.5. The summed E-state index contributed by atoms with van der Waals surface area (Å²) < 4.78 is 13.0. The Bertz CT molecular complexity index is 408. The van der Waals surface area contributed by atoms with Gasteiger partial charge in [-0.3, -0.25) is 4.79 Å². The number of nitrogens with one attached hydrogen (secondary N) is 1. The van der Waals surface area contributed by atoms with Crippen molar-refractivity contribution in [1.82, 2.24) is 5.32 Å². The molecule has 0 radical (unpaired) electrons. The van der Waals surface area contributed by atoms with Crippen molar-refractivity contribution in [2.45, 2.75) is 12.5 Å². The second-order valence-electron chi connectivity index (χ2n) is 3.80. The van der Waals surface area contributed by atoms with Gasteiger partial charge in [0.1, 0.15) is 11.6 Å². The number of hydrogen-bond acceptors (Lipinski definition) is 4. The number of rotatable bonds is 6. The number of aliphatic hydroxyl groups excluding tert-OH is 1. The number of thioether (sulfide) groups is 1. The van der Waals surface area contributed by atoms with Gasteiger partial charge >= 0.3 is 0 Å². The van der Waals surface area contributed by atoms with Crippen molar-refractivity contribution < 1.29 is 19.4 Å². The first-order chi connectivity index (χ1) is 8.58. The van der Waals surface area contributed by atoms with Crippen LogP contribution in [0.2, 0.25) is 0 Å². The number of halogens is 1. The lowest BCUT2D eigenvalue weighted by Gasteiger charge is -2.17. The van der Waals surface area contributed by atoms with E-state index in [4.69, 9.17) is 5.11 Å². The van der Waals surface area contributed by atoms with Gasteiger partial charge in [-0.2, -0.15) is 11.8 Å². The number of aliphatic hydroxyl groups is 1. The molecule has 0 saturated heterocycles. The Morgan fingerprint density at radius 2 is 2.28 bits per heavy atom. The van der Waals surface area contributed by atoms with Gasteiger partial charge in [-0.15, -0.1) is 0 Å². The van der Waals surface area contributed by atoms with Crippen LogP contribution in [-0.4, -0.2) is 40.8 Å². The zero-order valence-electron chi connectivity index (χ0n) is 10.0. The molecule has 1 atom stereocenters. The highest BCUT2D eigenvalue weighted by molar-refractivity contribution is 7.98. The van der Waals surface area contributed by atoms with E-state index in [1.165, 1.54) is 11.8 Å². The van der Waals surface area contributed by atoms with Gasteiger partial charge in [-0.25, -0.2) is 4.39 Å². The predicted molar refractivity (Wildman–Crippen MR) is 69.4 cm³/mol. The Morgan fingerprint density at radius 3 is 2.89 bits per heavy atom. The van der Waals surface area contributed by atoms with E-state index in [1.807, 2.05) is 6.26 Å². The first kappa shape index (κ1) is 14.8. The number of amides is 1. The molecule has 0 aliphatic rings. The van der Waals surface area contributed by atoms with Crippen LogP contribution in [-0.2, 0) is 0 Å². The lowest BCUT2D eigenvalue weighted by Crippen LogP contribution is -2.37. The van der Waals surface area contributed by atoms with Crippen molar-refractivity contribution in [1.29, 1.82) is 0 Å². The van der Waals surface area contributed by atoms with Crippen LogP contribution in [0.25, 0.3) is 0 Å². The predicted octanol–water partition coefficient (Wildman–Crippen LogP) is 1.38. The second kappa shape index (κ2) is 7.23. The summed E-state index contributed by atoms with van der Waals surface area (Å²) in [4.78, 5) is 11.8. The van der Waals surface area contributed by atoms with Crippen molar-refractivity contribution in [2.24, 2.45) is 0 Å². The lowest BCUT2D eigenvalue weighted by atomic mass is 10.1. The Morgan fingerprint density at radius 1 is 1.56 bits per heavy atom. The van der Waals surface area contributed by atoms with Gasteiger partial charge < -0.3 is 15.5 Å². The maximum Gasteiger partial charge on any atom is 0.255 e. The van der Waals surface area contributed by atoms with Gasteiger partial charge in [-0.05, 0) is 30.9 Å². The molecule has 18 heavy (non-hydrogen) atoms. The molecule has 4 nitrogen and oxygen atoms in total. The lowest BCUT2D eigenvalue weighted by molar-refractivity contribution is 0.0932. The summed E-state index contributed by atoms with van der Waals surface area (Å²) in [7, 11) is 0. The van der Waals surface area contributed by atoms with Crippen molar-refractivity contribution >= 4 is 17.7 Å². The zero-order valence-corrected chi connectivity index (χ0v) is 10.8. The van der Waals surface area contributed by atoms with E-state index in [0.717, 1.165) is 18.2 Å². The van der Waals surface area contributed by atoms with Crippen LogP contribution in [0.5, 0.6) is 5.75 Å². The molecule has 0 aromatic heterocycles. The summed E-state index contributed by atoms with van der Waals surface area (Å²) >= 11 is 1.53. The molecule has 1 rings (SSSR count). The van der Waals surface area contributed by atoms with Gasteiger partial charge in [0.25, 0.3) is 5.91 Å². The fourth-order valence-electron chi connectivity index (χ4n) is 1.51. The molecule has 0 fully saturated rings. The Kier molecular flexibility index (Phi) is 5.94. The van der Waals surface area contributed by atoms with Crippen LogP contribution < -0.4 is 5.32 Å². The summed E-state index contributed by atoms with van der Waals surface area (Å²) in [6.45, 7) is -0.0410. The van der Waals surface area contributed by atoms with Crippen molar-refractivity contribution in [3.05, 3.63) is 29.6 Å². The number of phenols is 1. The first-order valence-electron chi connectivity index (χ1n) is 5.47. The summed E-state index contributed by atoms with van der Waals surface area (Å²) in [5.74, 6) is -0.746. The third-order valence-electron chi connectivity index (χ3n) is 2.38. The molecular weight excluding hydrogens is 257 g/mol. The number of phenolic OH excluding ortho intramolecular Hbond substituents is 1. The molecule has 3 N–H and O–H groups in total. The second-order valence-corrected chi connectivity index (χ2v) is 4.71.